The molecule has 1 radical (unpaired) electrons. The fourth-order valence-corrected chi connectivity index (χ4v) is 2.46. The average Bonchev–Trinajstić information content (AvgIpc) is 3.04. The summed E-state index contributed by atoms with van der Waals surface area (Å²) >= 11 is 1.11. The van der Waals surface area contributed by atoms with Crippen LogP contribution in [-0.4, -0.2) is 25.4 Å². The van der Waals surface area contributed by atoms with E-state index in [0.29, 0.717) is 28.2 Å². The van der Waals surface area contributed by atoms with Gasteiger partial charge in [-0.25, -0.2) is 18.7 Å². The lowest BCUT2D eigenvalue weighted by Gasteiger charge is -2.08. The number of hydrogen-bond acceptors (Lipinski definition) is 7. The number of nitrogens with one attached hydrogen (secondary N) is 1. The molecule has 0 spiro atoms. The lowest BCUT2D eigenvalue weighted by molar-refractivity contribution is 0.151. The molecule has 3 aromatic rings. The van der Waals surface area contributed by atoms with Crippen LogP contribution in [-0.2, 0) is 0 Å². The third kappa shape index (κ3) is 4.44. The van der Waals surface area contributed by atoms with Gasteiger partial charge in [-0.2, -0.15) is 9.36 Å². The maximum atomic E-state index is 12.5. The summed E-state index contributed by atoms with van der Waals surface area (Å²) in [7, 11) is 0. The van der Waals surface area contributed by atoms with Crippen molar-refractivity contribution in [1.29, 1.82) is 0 Å². The lowest BCUT2D eigenvalue weighted by Crippen LogP contribution is -2.05. The highest BCUT2D eigenvalue weighted by molar-refractivity contribution is 7.09. The predicted molar refractivity (Wildman–Crippen MR) is 90.2 cm³/mol. The minimum Gasteiger partial charge on any atom is -0.489 e. The highest BCUT2D eigenvalue weighted by atomic mass is 32.1. The molecule has 0 aliphatic carbocycles. The van der Waals surface area contributed by atoms with E-state index in [-0.39, 0.29) is 11.7 Å². The zero-order chi connectivity index (χ0) is 17.8. The van der Waals surface area contributed by atoms with Crippen molar-refractivity contribution < 1.29 is 13.5 Å². The van der Waals surface area contributed by atoms with E-state index in [0.717, 1.165) is 17.7 Å². The average molecular weight is 362 g/mol. The number of rotatable bonds is 6. The monoisotopic (exact) mass is 362 g/mol. The van der Waals surface area contributed by atoms with Crippen LogP contribution in [0.3, 0.4) is 0 Å². The van der Waals surface area contributed by atoms with Crippen LogP contribution >= 0.6 is 11.5 Å². The number of alkyl halides is 2. The fourth-order valence-electron chi connectivity index (χ4n) is 1.89. The molecule has 0 saturated carbocycles. The van der Waals surface area contributed by atoms with E-state index in [4.69, 9.17) is 4.74 Å². The summed E-state index contributed by atoms with van der Waals surface area (Å²) in [6.45, 7) is 3.87. The van der Waals surface area contributed by atoms with Crippen molar-refractivity contribution >= 4 is 22.5 Å². The molecule has 0 aromatic carbocycles. The van der Waals surface area contributed by atoms with Gasteiger partial charge in [-0.15, -0.1) is 0 Å². The molecule has 3 heterocycles. The topological polar surface area (TPSA) is 72.8 Å². The fraction of sp³-hybridized carbons (Fsp3) is 0.250. The summed E-state index contributed by atoms with van der Waals surface area (Å²) < 4.78 is 34.8. The summed E-state index contributed by atoms with van der Waals surface area (Å²) in [5.41, 5.74) is 0.418. The van der Waals surface area contributed by atoms with Crippen molar-refractivity contribution in [2.75, 3.05) is 5.32 Å². The molecule has 25 heavy (non-hydrogen) atoms. The number of pyridine rings is 2. The first-order valence-corrected chi connectivity index (χ1v) is 8.18. The van der Waals surface area contributed by atoms with Gasteiger partial charge in [0.1, 0.15) is 17.3 Å². The van der Waals surface area contributed by atoms with Gasteiger partial charge in [0.25, 0.3) is 6.43 Å². The Hall–Kier alpha value is -2.68. The standard InChI is InChI=1S/C16H14F2N5OS/c1-9(2)24-11-4-5-12(19-8-11)15-22-16(25-23-15)21-13-6-3-10(7-20-13)14(17)18/h3-5,7-9,14H,1-2H3,(H,20,21,22,23). The molecule has 3 aromatic heterocycles. The molecule has 129 valence electrons. The molecular formula is C16H14F2N5OS. The molecule has 1 N–H and O–H groups in total. The second-order valence-corrected chi connectivity index (χ2v) is 6.04. The zero-order valence-electron chi connectivity index (χ0n) is 13.4. The number of aromatic nitrogens is 4. The van der Waals surface area contributed by atoms with E-state index in [2.05, 4.69) is 30.7 Å². The molecule has 3 rings (SSSR count). The van der Waals surface area contributed by atoms with Crippen LogP contribution in [0.5, 0.6) is 5.75 Å². The van der Waals surface area contributed by atoms with E-state index in [9.17, 15) is 8.78 Å². The SMILES string of the molecule is CC(C)Oc1ccc(-c2nsc(Nc3[c]cc(C(F)F)cn3)n2)nc1. The third-order valence-corrected chi connectivity index (χ3v) is 3.59. The van der Waals surface area contributed by atoms with Crippen LogP contribution in [0.15, 0.2) is 30.6 Å². The molecule has 0 fully saturated rings. The number of nitrogens with zero attached hydrogens (tertiary/aromatic N) is 4. The summed E-state index contributed by atoms with van der Waals surface area (Å²) in [6, 6.07) is 7.41. The molecule has 0 aliphatic heterocycles. The second kappa shape index (κ2) is 7.47. The first-order valence-electron chi connectivity index (χ1n) is 7.41. The first-order chi connectivity index (χ1) is 12.0. The highest BCUT2D eigenvalue weighted by Crippen LogP contribution is 2.24. The molecule has 9 heteroatoms. The van der Waals surface area contributed by atoms with Crippen LogP contribution in [0, 0.1) is 6.07 Å². The van der Waals surface area contributed by atoms with Crippen LogP contribution in [0.2, 0.25) is 0 Å². The molecule has 0 aliphatic rings. The Morgan fingerprint density at radius 2 is 2.04 bits per heavy atom. The van der Waals surface area contributed by atoms with Gasteiger partial charge in [0.05, 0.1) is 12.3 Å². The van der Waals surface area contributed by atoms with E-state index in [1.165, 1.54) is 6.07 Å². The largest absolute Gasteiger partial charge is 0.489 e. The zero-order valence-corrected chi connectivity index (χ0v) is 14.2. The van der Waals surface area contributed by atoms with Crippen molar-refractivity contribution in [3.8, 4) is 17.3 Å². The lowest BCUT2D eigenvalue weighted by atomic mass is 10.3. The first kappa shape index (κ1) is 17.2. The second-order valence-electron chi connectivity index (χ2n) is 5.29. The summed E-state index contributed by atoms with van der Waals surface area (Å²) in [4.78, 5) is 12.5. The summed E-state index contributed by atoms with van der Waals surface area (Å²) in [5.74, 6) is 1.42. The van der Waals surface area contributed by atoms with Crippen LogP contribution in [0.4, 0.5) is 19.7 Å². The summed E-state index contributed by atoms with van der Waals surface area (Å²) in [6.07, 6.45) is 0.211. The quantitative estimate of drug-likeness (QED) is 0.706. The van der Waals surface area contributed by atoms with Crippen LogP contribution < -0.4 is 10.1 Å². The van der Waals surface area contributed by atoms with E-state index >= 15 is 0 Å². The van der Waals surface area contributed by atoms with Crippen molar-refractivity contribution in [1.82, 2.24) is 19.3 Å². The minimum absolute atomic E-state index is 0.0704. The minimum atomic E-state index is -2.57. The Morgan fingerprint density at radius 1 is 1.20 bits per heavy atom. The Morgan fingerprint density at radius 3 is 2.64 bits per heavy atom. The van der Waals surface area contributed by atoms with Crippen LogP contribution in [0.25, 0.3) is 11.5 Å². The van der Waals surface area contributed by atoms with Gasteiger partial charge in [-0.05, 0) is 32.0 Å². The van der Waals surface area contributed by atoms with Crippen LogP contribution in [0.1, 0.15) is 25.8 Å². The van der Waals surface area contributed by atoms with Gasteiger partial charge < -0.3 is 10.1 Å². The Kier molecular flexibility index (Phi) is 5.13. The number of halogens is 2. The molecule has 0 amide bonds. The normalized spacial score (nSPS) is 11.1. The Balaban J connectivity index is 1.69. The van der Waals surface area contributed by atoms with Crippen molar-refractivity contribution in [2.24, 2.45) is 0 Å². The molecule has 0 bridgehead atoms. The Labute approximate surface area is 147 Å². The van der Waals surface area contributed by atoms with E-state index in [1.54, 1.807) is 18.3 Å². The molecule has 0 atom stereocenters. The smallest absolute Gasteiger partial charge is 0.265 e. The predicted octanol–water partition coefficient (Wildman–Crippen LogP) is 4.26. The maximum absolute atomic E-state index is 12.5. The Bertz CT molecular complexity index is 821. The number of hydrogen-bond donors (Lipinski definition) is 1. The molecular weight excluding hydrogens is 348 g/mol. The maximum Gasteiger partial charge on any atom is 0.265 e. The van der Waals surface area contributed by atoms with Crippen molar-refractivity contribution in [3.05, 3.63) is 42.2 Å². The molecule has 6 nitrogen and oxygen atoms in total. The van der Waals surface area contributed by atoms with Gasteiger partial charge in [-0.3, -0.25) is 0 Å². The van der Waals surface area contributed by atoms with Gasteiger partial charge >= 0.3 is 0 Å². The van der Waals surface area contributed by atoms with Gasteiger partial charge in [0.2, 0.25) is 5.13 Å². The van der Waals surface area contributed by atoms with Crippen molar-refractivity contribution in [3.63, 3.8) is 0 Å². The highest BCUT2D eigenvalue weighted by Gasteiger charge is 2.11. The van der Waals surface area contributed by atoms with Gasteiger partial charge in [0.15, 0.2) is 5.82 Å². The van der Waals surface area contributed by atoms with Gasteiger partial charge in [0, 0.05) is 29.4 Å². The number of anilines is 2. The number of ether oxygens (including phenoxy) is 1. The molecule has 0 unspecified atom stereocenters. The van der Waals surface area contributed by atoms with E-state index < -0.39 is 6.43 Å². The van der Waals surface area contributed by atoms with E-state index in [1.807, 2.05) is 13.8 Å². The van der Waals surface area contributed by atoms with Gasteiger partial charge in [-0.1, -0.05) is 0 Å². The summed E-state index contributed by atoms with van der Waals surface area (Å²) in [5, 5.41) is 3.34. The molecule has 0 saturated heterocycles. The third-order valence-electron chi connectivity index (χ3n) is 2.96. The van der Waals surface area contributed by atoms with Crippen molar-refractivity contribution in [2.45, 2.75) is 26.4 Å².